The normalized spacial score (nSPS) is 20.9. The lowest BCUT2D eigenvalue weighted by Crippen LogP contribution is -2.40. The Morgan fingerprint density at radius 2 is 1.87 bits per heavy atom. The van der Waals surface area contributed by atoms with Crippen LogP contribution in [0.1, 0.15) is 84.9 Å². The van der Waals surface area contributed by atoms with Crippen molar-refractivity contribution in [3.63, 3.8) is 0 Å². The van der Waals surface area contributed by atoms with Crippen LogP contribution in [-0.4, -0.2) is 17.7 Å². The number of carbonyl (C=O) groups is 1. The lowest BCUT2D eigenvalue weighted by molar-refractivity contribution is -0.131. The highest BCUT2D eigenvalue weighted by atomic mass is 16.5. The molecule has 30 heavy (non-hydrogen) atoms. The van der Waals surface area contributed by atoms with E-state index in [0.717, 1.165) is 29.7 Å². The summed E-state index contributed by atoms with van der Waals surface area (Å²) in [6.07, 6.45) is 9.09. The first kappa shape index (κ1) is 24.0. The molecule has 0 bridgehead atoms. The highest BCUT2D eigenvalue weighted by molar-refractivity contribution is 5.81. The molecule has 1 aliphatic carbocycles. The summed E-state index contributed by atoms with van der Waals surface area (Å²) in [6.45, 7) is 18.4. The van der Waals surface area contributed by atoms with E-state index in [1.54, 1.807) is 6.92 Å². The summed E-state index contributed by atoms with van der Waals surface area (Å²) < 4.78 is 6.19. The van der Waals surface area contributed by atoms with Crippen molar-refractivity contribution in [2.24, 2.45) is 5.92 Å². The summed E-state index contributed by atoms with van der Waals surface area (Å²) in [5.74, 6) is 0.596. The maximum atomic E-state index is 10.8. The molecule has 3 nitrogen and oxygen atoms in total. The molecule has 1 aromatic rings. The maximum absolute atomic E-state index is 10.8. The molecule has 0 spiro atoms. The fraction of sp³-hybridized carbons (Fsp3) is 0.519. The van der Waals surface area contributed by atoms with E-state index in [0.29, 0.717) is 18.1 Å². The van der Waals surface area contributed by atoms with E-state index in [1.807, 2.05) is 18.2 Å². The van der Waals surface area contributed by atoms with Crippen molar-refractivity contribution in [1.29, 1.82) is 0 Å². The number of ether oxygens (including phenoxy) is 1. The predicted molar refractivity (Wildman–Crippen MR) is 126 cm³/mol. The van der Waals surface area contributed by atoms with Crippen LogP contribution >= 0.6 is 0 Å². The number of fused-ring (bicyclic) bond motifs is 1. The zero-order chi connectivity index (χ0) is 22.7. The van der Waals surface area contributed by atoms with E-state index in [1.165, 1.54) is 17.2 Å². The Hall–Kier alpha value is -2.29. The number of rotatable bonds is 7. The molecule has 1 aliphatic rings. The van der Waals surface area contributed by atoms with Gasteiger partial charge in [0.25, 0.3) is 0 Å². The second-order valence-electron chi connectivity index (χ2n) is 9.89. The quantitative estimate of drug-likeness (QED) is 0.386. The van der Waals surface area contributed by atoms with Crippen LogP contribution in [0, 0.1) is 5.92 Å². The lowest BCUT2D eigenvalue weighted by Gasteiger charge is -2.47. The molecule has 0 heterocycles. The fourth-order valence-electron chi connectivity index (χ4n) is 4.39. The van der Waals surface area contributed by atoms with Crippen LogP contribution in [0.3, 0.4) is 0 Å². The van der Waals surface area contributed by atoms with E-state index in [2.05, 4.69) is 60.6 Å². The SMILES string of the molecule is CCCOc1cc2c(cc1\C(C)=C/C=C/C(C)=C/C(=O)O)C(C)(C)C(C)CC2(C)C. The Balaban J connectivity index is 2.58. The van der Waals surface area contributed by atoms with Crippen molar-refractivity contribution >= 4 is 11.5 Å². The first-order chi connectivity index (χ1) is 13.9. The van der Waals surface area contributed by atoms with Gasteiger partial charge in [0.2, 0.25) is 0 Å². The summed E-state index contributed by atoms with van der Waals surface area (Å²) in [4.78, 5) is 10.8. The lowest BCUT2D eigenvalue weighted by atomic mass is 9.58. The van der Waals surface area contributed by atoms with Gasteiger partial charge in [-0.05, 0) is 77.8 Å². The zero-order valence-corrected chi connectivity index (χ0v) is 19.9. The summed E-state index contributed by atoms with van der Waals surface area (Å²) in [6, 6.07) is 4.60. The number of carboxylic acid groups (broad SMARTS) is 1. The molecule has 0 radical (unpaired) electrons. The molecule has 2 rings (SSSR count). The third kappa shape index (κ3) is 5.24. The molecule has 0 saturated carbocycles. The number of hydrogen-bond donors (Lipinski definition) is 1. The average Bonchev–Trinajstić information content (AvgIpc) is 2.63. The Morgan fingerprint density at radius 3 is 2.47 bits per heavy atom. The van der Waals surface area contributed by atoms with Crippen molar-refractivity contribution < 1.29 is 14.6 Å². The smallest absolute Gasteiger partial charge is 0.328 e. The third-order valence-corrected chi connectivity index (χ3v) is 6.53. The molecule has 1 atom stereocenters. The van der Waals surface area contributed by atoms with Gasteiger partial charge in [0.15, 0.2) is 0 Å². The summed E-state index contributed by atoms with van der Waals surface area (Å²) in [7, 11) is 0. The molecular formula is C27H38O3. The molecule has 1 aromatic carbocycles. The van der Waals surface area contributed by atoms with Gasteiger partial charge >= 0.3 is 5.97 Å². The van der Waals surface area contributed by atoms with Crippen LogP contribution in [0.4, 0.5) is 0 Å². The van der Waals surface area contributed by atoms with E-state index in [9.17, 15) is 4.79 Å². The molecule has 0 aliphatic heterocycles. The molecule has 1 unspecified atom stereocenters. The number of hydrogen-bond acceptors (Lipinski definition) is 2. The second-order valence-corrected chi connectivity index (χ2v) is 9.89. The van der Waals surface area contributed by atoms with Crippen LogP contribution in [-0.2, 0) is 15.6 Å². The molecule has 3 heteroatoms. The average molecular weight is 411 g/mol. The minimum Gasteiger partial charge on any atom is -0.493 e. The summed E-state index contributed by atoms with van der Waals surface area (Å²) in [5, 5.41) is 8.87. The van der Waals surface area contributed by atoms with E-state index < -0.39 is 5.97 Å². The van der Waals surface area contributed by atoms with Gasteiger partial charge in [-0.25, -0.2) is 4.79 Å². The second kappa shape index (κ2) is 9.24. The first-order valence-electron chi connectivity index (χ1n) is 11.0. The van der Waals surface area contributed by atoms with Gasteiger partial charge in [0.1, 0.15) is 5.75 Å². The van der Waals surface area contributed by atoms with Gasteiger partial charge in [-0.15, -0.1) is 0 Å². The number of benzene rings is 1. The van der Waals surface area contributed by atoms with Gasteiger partial charge in [-0.1, -0.05) is 59.8 Å². The highest BCUT2D eigenvalue weighted by Crippen LogP contribution is 2.51. The number of carboxylic acids is 1. The highest BCUT2D eigenvalue weighted by Gasteiger charge is 2.42. The van der Waals surface area contributed by atoms with Gasteiger partial charge in [0, 0.05) is 11.6 Å². The van der Waals surface area contributed by atoms with Crippen molar-refractivity contribution in [3.8, 4) is 5.75 Å². The predicted octanol–water partition coefficient (Wildman–Crippen LogP) is 7.06. The number of allylic oxidation sites excluding steroid dienone is 5. The molecule has 0 saturated heterocycles. The summed E-state index contributed by atoms with van der Waals surface area (Å²) in [5.41, 5.74) is 5.94. The van der Waals surface area contributed by atoms with Crippen LogP contribution in [0.2, 0.25) is 0 Å². The minimum absolute atomic E-state index is 0.0970. The Labute approximate surface area is 182 Å². The van der Waals surface area contributed by atoms with Gasteiger partial charge in [-0.3, -0.25) is 0 Å². The zero-order valence-electron chi connectivity index (χ0n) is 19.9. The number of aliphatic carboxylic acids is 1. The van der Waals surface area contributed by atoms with Crippen molar-refractivity contribution in [2.75, 3.05) is 6.61 Å². The molecule has 1 N–H and O–H groups in total. The Kier molecular flexibility index (Phi) is 7.39. The van der Waals surface area contributed by atoms with Gasteiger partial charge < -0.3 is 9.84 Å². The van der Waals surface area contributed by atoms with E-state index in [4.69, 9.17) is 9.84 Å². The van der Waals surface area contributed by atoms with Gasteiger partial charge in [0.05, 0.1) is 6.61 Å². The first-order valence-corrected chi connectivity index (χ1v) is 11.0. The van der Waals surface area contributed by atoms with Crippen LogP contribution in [0.25, 0.3) is 5.57 Å². The van der Waals surface area contributed by atoms with Crippen molar-refractivity contribution in [2.45, 2.75) is 79.1 Å². The Bertz CT molecular complexity index is 882. The monoisotopic (exact) mass is 410 g/mol. The van der Waals surface area contributed by atoms with Crippen LogP contribution in [0.15, 0.2) is 42.0 Å². The van der Waals surface area contributed by atoms with Crippen molar-refractivity contribution in [3.05, 3.63) is 58.7 Å². The largest absolute Gasteiger partial charge is 0.493 e. The Morgan fingerprint density at radius 1 is 1.20 bits per heavy atom. The van der Waals surface area contributed by atoms with Crippen LogP contribution < -0.4 is 4.74 Å². The topological polar surface area (TPSA) is 46.5 Å². The van der Waals surface area contributed by atoms with E-state index >= 15 is 0 Å². The molecule has 0 amide bonds. The maximum Gasteiger partial charge on any atom is 0.328 e. The van der Waals surface area contributed by atoms with Gasteiger partial charge in [-0.2, -0.15) is 0 Å². The third-order valence-electron chi connectivity index (χ3n) is 6.53. The molecule has 164 valence electrons. The molecule has 0 fully saturated rings. The molecule has 0 aromatic heterocycles. The van der Waals surface area contributed by atoms with Crippen LogP contribution in [0.5, 0.6) is 5.75 Å². The van der Waals surface area contributed by atoms with E-state index in [-0.39, 0.29) is 10.8 Å². The fourth-order valence-corrected chi connectivity index (χ4v) is 4.39. The standard InChI is InChI=1S/C27H38O3/c1-9-13-30-24-16-22-23(27(7,8)20(4)17-26(22,5)6)15-21(24)19(3)12-10-11-18(2)14-25(28)29/h10-12,14-16,20H,9,13,17H2,1-8H3,(H,28,29)/b11-10+,18-14+,19-12-. The minimum atomic E-state index is -0.929. The molecular weight excluding hydrogens is 372 g/mol. The van der Waals surface area contributed by atoms with Crippen molar-refractivity contribution in [1.82, 2.24) is 0 Å². The summed E-state index contributed by atoms with van der Waals surface area (Å²) >= 11 is 0.